The number of pyridine rings is 1. The van der Waals surface area contributed by atoms with Crippen LogP contribution in [-0.4, -0.2) is 27.5 Å². The summed E-state index contributed by atoms with van der Waals surface area (Å²) in [5, 5.41) is 12.7. The van der Waals surface area contributed by atoms with Crippen molar-refractivity contribution < 1.29 is 14.6 Å². The number of ether oxygens (including phenoxy) is 2. The van der Waals surface area contributed by atoms with Crippen molar-refractivity contribution in [2.24, 2.45) is 10.9 Å². The summed E-state index contributed by atoms with van der Waals surface area (Å²) < 4.78 is 13.8. The Kier molecular flexibility index (Phi) is 4.48. The van der Waals surface area contributed by atoms with Gasteiger partial charge in [-0.1, -0.05) is 42.5 Å². The SMILES string of the molecule is COc1ccnc(-n2c3ccccc3c3ccc(OC4=CC5=CC=CC6=CC=C(O)C(=N4)C65)cc32)c1. The van der Waals surface area contributed by atoms with Gasteiger partial charge in [0.05, 0.1) is 29.8 Å². The van der Waals surface area contributed by atoms with E-state index in [1.165, 1.54) is 0 Å². The average molecular weight is 472 g/mol. The number of hydrogen-bond acceptors (Lipinski definition) is 5. The van der Waals surface area contributed by atoms with Crippen LogP contribution >= 0.6 is 0 Å². The standard InChI is InChI=1S/C30H21N3O3/c1-35-20-13-14-31-27(17-20)33-24-8-3-2-7-22(24)23-11-10-21(16-25(23)33)36-28-15-19-6-4-5-18-9-12-26(34)30(32-28)29(18)19/h2-17,29,34H,1H3. The van der Waals surface area contributed by atoms with Gasteiger partial charge >= 0.3 is 0 Å². The minimum absolute atomic E-state index is 0.0588. The molecule has 1 aliphatic heterocycles. The fraction of sp³-hybridized carbons (Fsp3) is 0.0667. The Morgan fingerprint density at radius 2 is 1.78 bits per heavy atom. The Morgan fingerprint density at radius 1 is 0.889 bits per heavy atom. The van der Waals surface area contributed by atoms with Crippen molar-refractivity contribution in [2.75, 3.05) is 7.11 Å². The maximum atomic E-state index is 10.5. The zero-order chi connectivity index (χ0) is 24.2. The molecule has 1 atom stereocenters. The van der Waals surface area contributed by atoms with Gasteiger partial charge in [-0.2, -0.15) is 0 Å². The van der Waals surface area contributed by atoms with Crippen LogP contribution in [0.5, 0.6) is 11.5 Å². The second-order valence-electron chi connectivity index (χ2n) is 8.84. The number of allylic oxidation sites excluding steroid dienone is 9. The first-order chi connectivity index (χ1) is 17.7. The quantitative estimate of drug-likeness (QED) is 0.376. The Morgan fingerprint density at radius 3 is 2.69 bits per heavy atom. The van der Waals surface area contributed by atoms with Gasteiger partial charge in [0.25, 0.3) is 0 Å². The van der Waals surface area contributed by atoms with Crippen LogP contribution in [0.3, 0.4) is 0 Å². The molecular formula is C30H21N3O3. The number of aliphatic hydroxyl groups excluding tert-OH is 1. The third kappa shape index (κ3) is 3.11. The molecule has 1 unspecified atom stereocenters. The van der Waals surface area contributed by atoms with Gasteiger partial charge in [-0.25, -0.2) is 9.98 Å². The van der Waals surface area contributed by atoms with Crippen LogP contribution in [0, 0.1) is 5.92 Å². The van der Waals surface area contributed by atoms with Crippen LogP contribution in [0.2, 0.25) is 0 Å². The number of para-hydroxylation sites is 1. The molecule has 4 aromatic rings. The molecule has 0 saturated heterocycles. The van der Waals surface area contributed by atoms with E-state index in [4.69, 9.17) is 9.47 Å². The lowest BCUT2D eigenvalue weighted by Crippen LogP contribution is -2.27. The summed E-state index contributed by atoms with van der Waals surface area (Å²) in [6.07, 6.45) is 13.4. The van der Waals surface area contributed by atoms with E-state index in [0.29, 0.717) is 17.3 Å². The molecular weight excluding hydrogens is 450 g/mol. The highest BCUT2D eigenvalue weighted by molar-refractivity contribution is 6.09. The van der Waals surface area contributed by atoms with Crippen LogP contribution in [0.1, 0.15) is 0 Å². The molecule has 6 nitrogen and oxygen atoms in total. The van der Waals surface area contributed by atoms with Crippen LogP contribution in [0.25, 0.3) is 27.6 Å². The van der Waals surface area contributed by atoms with E-state index >= 15 is 0 Å². The number of rotatable bonds is 4. The molecule has 2 aliphatic carbocycles. The summed E-state index contributed by atoms with van der Waals surface area (Å²) in [4.78, 5) is 9.29. The molecule has 0 bridgehead atoms. The summed E-state index contributed by atoms with van der Waals surface area (Å²) in [5.74, 6) is 2.68. The first-order valence-electron chi connectivity index (χ1n) is 11.7. The number of aliphatic imine (C=N–C) groups is 1. The molecule has 2 aromatic heterocycles. The zero-order valence-corrected chi connectivity index (χ0v) is 19.4. The molecule has 0 fully saturated rings. The normalized spacial score (nSPS) is 18.1. The molecule has 6 heteroatoms. The van der Waals surface area contributed by atoms with E-state index in [2.05, 4.69) is 32.7 Å². The smallest absolute Gasteiger partial charge is 0.219 e. The maximum Gasteiger partial charge on any atom is 0.219 e. The van der Waals surface area contributed by atoms with Gasteiger partial charge in [0.2, 0.25) is 5.88 Å². The molecule has 3 heterocycles. The number of hydrogen-bond donors (Lipinski definition) is 1. The number of fused-ring (bicyclic) bond motifs is 3. The summed E-state index contributed by atoms with van der Waals surface area (Å²) >= 11 is 0. The molecule has 0 radical (unpaired) electrons. The van der Waals surface area contributed by atoms with Gasteiger partial charge in [0.1, 0.15) is 23.1 Å². The van der Waals surface area contributed by atoms with E-state index in [1.54, 1.807) is 19.4 Å². The first kappa shape index (κ1) is 20.5. The lowest BCUT2D eigenvalue weighted by Gasteiger charge is -2.29. The Balaban J connectivity index is 1.35. The average Bonchev–Trinajstić information content (AvgIpc) is 3.24. The van der Waals surface area contributed by atoms with E-state index in [0.717, 1.165) is 44.5 Å². The minimum Gasteiger partial charge on any atom is -0.506 e. The Labute approximate surface area is 207 Å². The molecule has 3 aliphatic rings. The summed E-state index contributed by atoms with van der Waals surface area (Å²) in [5.41, 5.74) is 4.76. The van der Waals surface area contributed by atoms with Crippen molar-refractivity contribution in [3.63, 3.8) is 0 Å². The van der Waals surface area contributed by atoms with Crippen molar-refractivity contribution in [2.45, 2.75) is 0 Å². The molecule has 36 heavy (non-hydrogen) atoms. The minimum atomic E-state index is -0.0588. The zero-order valence-electron chi connectivity index (χ0n) is 19.4. The lowest BCUT2D eigenvalue weighted by molar-refractivity contribution is 0.409. The van der Waals surface area contributed by atoms with Crippen LogP contribution in [0.15, 0.2) is 125 Å². The van der Waals surface area contributed by atoms with Gasteiger partial charge in [0, 0.05) is 35.2 Å². The monoisotopic (exact) mass is 471 g/mol. The van der Waals surface area contributed by atoms with Crippen molar-refractivity contribution in [3.8, 4) is 17.3 Å². The Bertz CT molecular complexity index is 1760. The van der Waals surface area contributed by atoms with Gasteiger partial charge in [0.15, 0.2) is 0 Å². The molecule has 7 rings (SSSR count). The van der Waals surface area contributed by atoms with Gasteiger partial charge in [-0.05, 0) is 41.5 Å². The molecule has 0 spiro atoms. The van der Waals surface area contributed by atoms with Gasteiger partial charge < -0.3 is 14.6 Å². The predicted molar refractivity (Wildman–Crippen MR) is 141 cm³/mol. The number of aliphatic hydroxyl groups is 1. The van der Waals surface area contributed by atoms with Gasteiger partial charge in [-0.3, -0.25) is 4.57 Å². The molecule has 174 valence electrons. The Hall–Kier alpha value is -4.84. The fourth-order valence-electron chi connectivity index (χ4n) is 5.16. The summed E-state index contributed by atoms with van der Waals surface area (Å²) in [6, 6.07) is 18.0. The topological polar surface area (TPSA) is 68.9 Å². The number of aromatic nitrogens is 2. The van der Waals surface area contributed by atoms with Crippen molar-refractivity contribution in [1.82, 2.24) is 9.55 Å². The van der Waals surface area contributed by atoms with E-state index < -0.39 is 0 Å². The molecule has 2 aromatic carbocycles. The highest BCUT2D eigenvalue weighted by atomic mass is 16.5. The van der Waals surface area contributed by atoms with Gasteiger partial charge in [-0.15, -0.1) is 0 Å². The van der Waals surface area contributed by atoms with Crippen LogP contribution in [-0.2, 0) is 0 Å². The molecule has 0 saturated carbocycles. The highest BCUT2D eigenvalue weighted by Gasteiger charge is 2.32. The van der Waals surface area contributed by atoms with Crippen LogP contribution < -0.4 is 9.47 Å². The molecule has 1 N–H and O–H groups in total. The number of methoxy groups -OCH3 is 1. The second-order valence-corrected chi connectivity index (χ2v) is 8.84. The maximum absolute atomic E-state index is 10.5. The highest BCUT2D eigenvalue weighted by Crippen LogP contribution is 2.38. The third-order valence-electron chi connectivity index (χ3n) is 6.78. The largest absolute Gasteiger partial charge is 0.506 e. The number of nitrogens with zero attached hydrogens (tertiary/aromatic N) is 3. The van der Waals surface area contributed by atoms with E-state index in [9.17, 15) is 5.11 Å². The number of benzene rings is 2. The van der Waals surface area contributed by atoms with Crippen molar-refractivity contribution >= 4 is 27.5 Å². The van der Waals surface area contributed by atoms with E-state index in [1.807, 2.05) is 66.8 Å². The molecule has 0 amide bonds. The second kappa shape index (κ2) is 7.85. The lowest BCUT2D eigenvalue weighted by atomic mass is 9.78. The van der Waals surface area contributed by atoms with Crippen molar-refractivity contribution in [3.05, 3.63) is 120 Å². The van der Waals surface area contributed by atoms with Crippen LogP contribution in [0.4, 0.5) is 0 Å². The van der Waals surface area contributed by atoms with Crippen molar-refractivity contribution in [1.29, 1.82) is 0 Å². The third-order valence-corrected chi connectivity index (χ3v) is 6.78. The predicted octanol–water partition coefficient (Wildman–Crippen LogP) is 6.36. The summed E-state index contributed by atoms with van der Waals surface area (Å²) in [6.45, 7) is 0. The van der Waals surface area contributed by atoms with E-state index in [-0.39, 0.29) is 11.7 Å². The first-order valence-corrected chi connectivity index (χ1v) is 11.7. The fourth-order valence-corrected chi connectivity index (χ4v) is 5.16. The summed E-state index contributed by atoms with van der Waals surface area (Å²) in [7, 11) is 1.65.